The van der Waals surface area contributed by atoms with Crippen LogP contribution in [0.2, 0.25) is 0 Å². The molecule has 0 N–H and O–H groups in total. The molecule has 0 unspecified atom stereocenters. The van der Waals surface area contributed by atoms with Crippen LogP contribution in [0.15, 0.2) is 41.1 Å². The van der Waals surface area contributed by atoms with Gasteiger partial charge in [0.15, 0.2) is 11.6 Å². The molecule has 0 atom stereocenters. The molecule has 1 fully saturated rings. The molecule has 0 aliphatic carbocycles. The van der Waals surface area contributed by atoms with Crippen LogP contribution >= 0.6 is 0 Å². The maximum Gasteiger partial charge on any atom is 0.248 e. The number of benzene rings is 1. The minimum absolute atomic E-state index is 0.0804. The molecular weight excluding hydrogens is 602 g/mol. The normalized spacial score (nSPS) is 14.7. The number of hydrogen-bond donors (Lipinski definition) is 0. The van der Waals surface area contributed by atoms with Crippen molar-refractivity contribution in [2.75, 3.05) is 39.8 Å². The molecule has 0 spiro atoms. The van der Waals surface area contributed by atoms with E-state index in [4.69, 9.17) is 9.15 Å². The van der Waals surface area contributed by atoms with Crippen molar-refractivity contribution in [2.45, 2.75) is 59.3 Å². The fourth-order valence-electron chi connectivity index (χ4n) is 5.12. The number of aryl methyl sites for hydroxylation is 1. The quantitative estimate of drug-likeness (QED) is 0.205. The van der Waals surface area contributed by atoms with E-state index in [9.17, 15) is 16.8 Å². The summed E-state index contributed by atoms with van der Waals surface area (Å²) in [6.07, 6.45) is 7.05. The molecule has 0 amide bonds. The Morgan fingerprint density at radius 1 is 0.977 bits per heavy atom. The van der Waals surface area contributed by atoms with Crippen molar-refractivity contribution in [1.29, 1.82) is 0 Å². The first-order valence-corrected chi connectivity index (χ1v) is 17.7. The van der Waals surface area contributed by atoms with Gasteiger partial charge in [-0.05, 0) is 63.5 Å². The third-order valence-corrected chi connectivity index (χ3v) is 11.8. The van der Waals surface area contributed by atoms with Gasteiger partial charge in [0.1, 0.15) is 23.0 Å². The fourth-order valence-corrected chi connectivity index (χ4v) is 9.22. The molecule has 43 heavy (non-hydrogen) atoms. The molecule has 1 aliphatic rings. The molecule has 0 radical (unpaired) electrons. The highest BCUT2D eigenvalue weighted by molar-refractivity contribution is 8.10. The molecule has 2 aromatic heterocycles. The van der Waals surface area contributed by atoms with Crippen molar-refractivity contribution in [3.05, 3.63) is 54.1 Å². The van der Waals surface area contributed by atoms with Gasteiger partial charge < -0.3 is 14.1 Å². The summed E-state index contributed by atoms with van der Waals surface area (Å²) in [4.78, 5) is 11.1. The Morgan fingerprint density at radius 2 is 1.56 bits per heavy atom. The van der Waals surface area contributed by atoms with E-state index >= 15 is 8.78 Å². The number of piperidine rings is 1. The van der Waals surface area contributed by atoms with Gasteiger partial charge in [0.05, 0.1) is 23.7 Å². The van der Waals surface area contributed by atoms with E-state index in [-0.39, 0.29) is 28.9 Å². The van der Waals surface area contributed by atoms with Gasteiger partial charge in [-0.1, -0.05) is 13.8 Å². The van der Waals surface area contributed by atoms with E-state index in [0.29, 0.717) is 18.3 Å². The third-order valence-electron chi connectivity index (χ3n) is 7.19. The van der Waals surface area contributed by atoms with E-state index < -0.39 is 48.9 Å². The summed E-state index contributed by atoms with van der Waals surface area (Å²) in [5.41, 5.74) is -0.308. The molecular formula is C29H38F2N4O6S2. The van der Waals surface area contributed by atoms with Crippen molar-refractivity contribution >= 4 is 31.7 Å². The zero-order valence-electron chi connectivity index (χ0n) is 24.6. The van der Waals surface area contributed by atoms with Crippen LogP contribution in [0.1, 0.15) is 58.1 Å². The number of ether oxygens (including phenoxy) is 1. The van der Waals surface area contributed by atoms with Crippen molar-refractivity contribution in [3.63, 3.8) is 0 Å². The van der Waals surface area contributed by atoms with Crippen LogP contribution in [-0.4, -0.2) is 58.0 Å². The van der Waals surface area contributed by atoms with Crippen molar-refractivity contribution in [3.8, 4) is 17.1 Å². The molecule has 236 valence electrons. The summed E-state index contributed by atoms with van der Waals surface area (Å²) in [5, 5.41) is 0. The van der Waals surface area contributed by atoms with Gasteiger partial charge in [-0.15, -0.1) is 0 Å². The zero-order chi connectivity index (χ0) is 31.2. The Balaban J connectivity index is 1.30. The average molecular weight is 641 g/mol. The summed E-state index contributed by atoms with van der Waals surface area (Å²) < 4.78 is 92.2. The molecule has 4 rings (SSSR count). The van der Waals surface area contributed by atoms with Crippen LogP contribution < -0.4 is 13.3 Å². The van der Waals surface area contributed by atoms with Crippen LogP contribution in [0.25, 0.3) is 11.3 Å². The third kappa shape index (κ3) is 8.02. The van der Waals surface area contributed by atoms with Crippen LogP contribution in [0.3, 0.4) is 0 Å². The standard InChI is InChI=1S/C29H38F2N4O6S2/c1-4-15-42(36,37)35(43(38,39)16-5-2)28-25(30)17-24(18-26(28)31)40-14-6-7-22-10-12-34(13-11-22)29-32-19-23(20-33-29)27-9-8-21(3)41-27/h8-9,17-20,22H,4-7,10-16H2,1-3H3. The first-order chi connectivity index (χ1) is 20.4. The van der Waals surface area contributed by atoms with Gasteiger partial charge >= 0.3 is 0 Å². The molecule has 1 aromatic carbocycles. The lowest BCUT2D eigenvalue weighted by Crippen LogP contribution is -2.41. The van der Waals surface area contributed by atoms with Crippen LogP contribution in [0, 0.1) is 24.5 Å². The maximum atomic E-state index is 15.1. The molecule has 0 bridgehead atoms. The molecule has 14 heteroatoms. The van der Waals surface area contributed by atoms with Crippen LogP contribution in [-0.2, 0) is 20.0 Å². The summed E-state index contributed by atoms with van der Waals surface area (Å²) in [7, 11) is -9.04. The van der Waals surface area contributed by atoms with Crippen molar-refractivity contribution < 1.29 is 34.8 Å². The maximum absolute atomic E-state index is 15.1. The number of hydrogen-bond acceptors (Lipinski definition) is 9. The lowest BCUT2D eigenvalue weighted by molar-refractivity contribution is 0.277. The van der Waals surface area contributed by atoms with E-state index in [1.807, 2.05) is 19.1 Å². The molecule has 3 heterocycles. The van der Waals surface area contributed by atoms with Crippen molar-refractivity contribution in [2.24, 2.45) is 5.92 Å². The monoisotopic (exact) mass is 640 g/mol. The van der Waals surface area contributed by atoms with E-state index in [0.717, 1.165) is 61.6 Å². The van der Waals surface area contributed by atoms with Crippen molar-refractivity contribution in [1.82, 2.24) is 9.97 Å². The zero-order valence-corrected chi connectivity index (χ0v) is 26.3. The number of nitrogens with zero attached hydrogens (tertiary/aromatic N) is 4. The van der Waals surface area contributed by atoms with Gasteiger partial charge in [-0.2, -0.15) is 3.71 Å². The number of sulfonamides is 2. The topological polar surface area (TPSA) is 123 Å². The average Bonchev–Trinajstić information content (AvgIpc) is 3.39. The van der Waals surface area contributed by atoms with Crippen LogP contribution in [0.4, 0.5) is 20.4 Å². The van der Waals surface area contributed by atoms with Crippen LogP contribution in [0.5, 0.6) is 5.75 Å². The predicted molar refractivity (Wildman–Crippen MR) is 161 cm³/mol. The minimum Gasteiger partial charge on any atom is -0.493 e. The highest BCUT2D eigenvalue weighted by atomic mass is 32.3. The molecule has 1 aliphatic heterocycles. The SMILES string of the molecule is CCCS(=O)(=O)N(c1c(F)cc(OCCCC2CCN(c3ncc(-c4ccc(C)o4)cn3)CC2)cc1F)S(=O)(=O)CCC. The number of anilines is 2. The molecule has 1 saturated heterocycles. The highest BCUT2D eigenvalue weighted by Crippen LogP contribution is 2.33. The summed E-state index contributed by atoms with van der Waals surface area (Å²) >= 11 is 0. The first-order valence-electron chi connectivity index (χ1n) is 14.5. The number of halogens is 2. The predicted octanol–water partition coefficient (Wildman–Crippen LogP) is 5.68. The summed E-state index contributed by atoms with van der Waals surface area (Å²) in [6, 6.07) is 5.43. The Kier molecular flexibility index (Phi) is 10.6. The molecule has 0 saturated carbocycles. The second-order valence-corrected chi connectivity index (χ2v) is 14.8. The number of furan rings is 1. The summed E-state index contributed by atoms with van der Waals surface area (Å²) in [6.45, 7) is 6.76. The smallest absolute Gasteiger partial charge is 0.248 e. The van der Waals surface area contributed by atoms with Gasteiger partial charge in [0.2, 0.25) is 26.0 Å². The Hall–Kier alpha value is -3.26. The number of aromatic nitrogens is 2. The van der Waals surface area contributed by atoms with E-state index in [1.165, 1.54) is 13.8 Å². The Bertz CT molecular complexity index is 1530. The Labute approximate surface area is 252 Å². The van der Waals surface area contributed by atoms with E-state index in [1.54, 1.807) is 12.4 Å². The van der Waals surface area contributed by atoms with Gasteiger partial charge in [-0.3, -0.25) is 0 Å². The lowest BCUT2D eigenvalue weighted by Gasteiger charge is -2.32. The second-order valence-electron chi connectivity index (χ2n) is 10.7. The minimum atomic E-state index is -4.52. The number of rotatable bonds is 14. The van der Waals surface area contributed by atoms with Gasteiger partial charge in [-0.25, -0.2) is 35.6 Å². The summed E-state index contributed by atoms with van der Waals surface area (Å²) in [5.74, 6) is -1.26. The van der Waals surface area contributed by atoms with Gasteiger partial charge in [0, 0.05) is 37.6 Å². The largest absolute Gasteiger partial charge is 0.493 e. The second kappa shape index (κ2) is 14.0. The van der Waals surface area contributed by atoms with E-state index in [2.05, 4.69) is 14.9 Å². The first kappa shape index (κ1) is 32.6. The highest BCUT2D eigenvalue weighted by Gasteiger charge is 2.37. The lowest BCUT2D eigenvalue weighted by atomic mass is 9.92. The molecule has 3 aromatic rings. The Morgan fingerprint density at radius 3 is 2.07 bits per heavy atom. The van der Waals surface area contributed by atoms with Gasteiger partial charge in [0.25, 0.3) is 0 Å². The molecule has 10 nitrogen and oxygen atoms in total. The fraction of sp³-hybridized carbons (Fsp3) is 0.517.